The Labute approximate surface area is 196 Å². The lowest BCUT2D eigenvalue weighted by Crippen LogP contribution is -2.26. The number of ether oxygens (including phenoxy) is 2. The van der Waals surface area contributed by atoms with Gasteiger partial charge in [-0.05, 0) is 48.0 Å². The van der Waals surface area contributed by atoms with Crippen LogP contribution >= 0.6 is 27.3 Å². The Morgan fingerprint density at radius 1 is 1.12 bits per heavy atom. The monoisotopic (exact) mass is 513 g/mol. The van der Waals surface area contributed by atoms with E-state index in [1.807, 2.05) is 24.3 Å². The van der Waals surface area contributed by atoms with E-state index in [0.717, 1.165) is 21.4 Å². The lowest BCUT2D eigenvalue weighted by Gasteiger charge is -2.17. The van der Waals surface area contributed by atoms with Crippen molar-refractivity contribution < 1.29 is 18.7 Å². The second-order valence-electron chi connectivity index (χ2n) is 6.56. The molecule has 0 bridgehead atoms. The van der Waals surface area contributed by atoms with Crippen molar-refractivity contribution in [3.8, 4) is 11.5 Å². The molecule has 0 saturated carbocycles. The molecule has 4 rings (SSSR count). The van der Waals surface area contributed by atoms with Crippen molar-refractivity contribution in [1.82, 2.24) is 4.98 Å². The summed E-state index contributed by atoms with van der Waals surface area (Å²) in [6.45, 7) is 0. The van der Waals surface area contributed by atoms with Crippen LogP contribution in [0.15, 0.2) is 70.2 Å². The van der Waals surface area contributed by atoms with Gasteiger partial charge in [0, 0.05) is 4.47 Å². The predicted molar refractivity (Wildman–Crippen MR) is 128 cm³/mol. The highest BCUT2D eigenvalue weighted by atomic mass is 79.9. The van der Waals surface area contributed by atoms with Gasteiger partial charge in [0.2, 0.25) is 5.13 Å². The molecule has 6 nitrogen and oxygen atoms in total. The molecule has 0 spiro atoms. The van der Waals surface area contributed by atoms with Gasteiger partial charge in [0.1, 0.15) is 5.82 Å². The van der Waals surface area contributed by atoms with E-state index in [-0.39, 0.29) is 17.1 Å². The Morgan fingerprint density at radius 2 is 1.91 bits per heavy atom. The molecular formula is C23H17BrFN3O3S. The lowest BCUT2D eigenvalue weighted by atomic mass is 10.1. The first-order valence-electron chi connectivity index (χ1n) is 9.41. The molecule has 0 aliphatic rings. The zero-order valence-corrected chi connectivity index (χ0v) is 19.5. The first-order valence-corrected chi connectivity index (χ1v) is 11.0. The second kappa shape index (κ2) is 9.46. The third-order valence-electron chi connectivity index (χ3n) is 4.54. The van der Waals surface area contributed by atoms with Gasteiger partial charge in [-0.2, -0.15) is 10.1 Å². The van der Waals surface area contributed by atoms with E-state index < -0.39 is 5.91 Å². The first-order chi connectivity index (χ1) is 15.5. The van der Waals surface area contributed by atoms with Crippen molar-refractivity contribution in [3.63, 3.8) is 0 Å². The number of methoxy groups -OCH3 is 2. The molecule has 32 heavy (non-hydrogen) atoms. The molecule has 0 aliphatic heterocycles. The number of para-hydroxylation sites is 1. The highest BCUT2D eigenvalue weighted by Gasteiger charge is 2.25. The maximum absolute atomic E-state index is 13.7. The van der Waals surface area contributed by atoms with Crippen LogP contribution in [0.2, 0.25) is 0 Å². The van der Waals surface area contributed by atoms with Crippen LogP contribution in [-0.2, 0) is 0 Å². The van der Waals surface area contributed by atoms with Crippen LogP contribution in [0.4, 0.5) is 9.52 Å². The number of rotatable bonds is 6. The maximum Gasteiger partial charge on any atom is 0.284 e. The van der Waals surface area contributed by atoms with E-state index in [1.165, 1.54) is 31.4 Å². The van der Waals surface area contributed by atoms with Gasteiger partial charge in [-0.25, -0.2) is 9.37 Å². The zero-order valence-electron chi connectivity index (χ0n) is 17.1. The third-order valence-corrected chi connectivity index (χ3v) is 6.06. The Bertz CT molecular complexity index is 1310. The molecule has 9 heteroatoms. The van der Waals surface area contributed by atoms with Crippen LogP contribution in [0.25, 0.3) is 10.2 Å². The van der Waals surface area contributed by atoms with Crippen LogP contribution in [0.3, 0.4) is 0 Å². The molecule has 0 unspecified atom stereocenters. The number of fused-ring (bicyclic) bond motifs is 1. The summed E-state index contributed by atoms with van der Waals surface area (Å²) in [5.41, 5.74) is 1.61. The molecule has 4 aromatic rings. The third kappa shape index (κ3) is 4.49. The maximum atomic E-state index is 13.7. The molecule has 162 valence electrons. The number of nitrogens with zero attached hydrogens (tertiary/aromatic N) is 3. The summed E-state index contributed by atoms with van der Waals surface area (Å²) >= 11 is 4.56. The number of hydrazone groups is 1. The minimum atomic E-state index is -0.464. The van der Waals surface area contributed by atoms with E-state index in [4.69, 9.17) is 9.47 Å². The van der Waals surface area contributed by atoms with Gasteiger partial charge in [-0.1, -0.05) is 45.5 Å². The molecule has 1 amide bonds. The van der Waals surface area contributed by atoms with Gasteiger partial charge < -0.3 is 9.47 Å². The molecule has 0 atom stereocenters. The number of aromatic nitrogens is 1. The van der Waals surface area contributed by atoms with Gasteiger partial charge >= 0.3 is 0 Å². The number of benzene rings is 3. The number of hydrogen-bond acceptors (Lipinski definition) is 6. The van der Waals surface area contributed by atoms with E-state index in [2.05, 4.69) is 26.0 Å². The van der Waals surface area contributed by atoms with Crippen LogP contribution in [0.1, 0.15) is 15.9 Å². The molecule has 1 aromatic heterocycles. The molecule has 1 heterocycles. The van der Waals surface area contributed by atoms with E-state index in [0.29, 0.717) is 21.1 Å². The summed E-state index contributed by atoms with van der Waals surface area (Å²) in [5.74, 6) is -0.135. The summed E-state index contributed by atoms with van der Waals surface area (Å²) in [6.07, 6.45) is 1.56. The topological polar surface area (TPSA) is 64.0 Å². The van der Waals surface area contributed by atoms with E-state index in [1.54, 1.807) is 30.5 Å². The minimum absolute atomic E-state index is 0.255. The number of halogens is 2. The lowest BCUT2D eigenvalue weighted by molar-refractivity contribution is 0.0984. The fourth-order valence-corrected chi connectivity index (χ4v) is 4.22. The Balaban J connectivity index is 1.81. The second-order valence-corrected chi connectivity index (χ2v) is 8.49. The van der Waals surface area contributed by atoms with Crippen LogP contribution in [0.5, 0.6) is 11.5 Å². The Kier molecular flexibility index (Phi) is 6.48. The zero-order chi connectivity index (χ0) is 22.7. The standard InChI is InChI=1S/C23H17BrFN3O3S/c1-30-19-5-3-4-17(21(19)31-2)22(29)28(26-13-14-6-8-15(24)9-7-14)23-27-18-11-10-16(25)12-20(18)32-23/h3-13H,1-2H3/b26-13+. The number of hydrogen-bond donors (Lipinski definition) is 0. The normalized spacial score (nSPS) is 11.1. The number of carbonyl (C=O) groups excluding carboxylic acids is 1. The van der Waals surface area contributed by atoms with Crippen molar-refractivity contribution in [3.05, 3.63) is 82.1 Å². The first kappa shape index (κ1) is 21.9. The van der Waals surface area contributed by atoms with E-state index >= 15 is 0 Å². The molecular weight excluding hydrogens is 497 g/mol. The summed E-state index contributed by atoms with van der Waals surface area (Å²) in [6, 6.07) is 16.8. The Morgan fingerprint density at radius 3 is 2.62 bits per heavy atom. The largest absolute Gasteiger partial charge is 0.493 e. The fourth-order valence-electron chi connectivity index (χ4n) is 3.01. The van der Waals surface area contributed by atoms with Crippen molar-refractivity contribution in [2.24, 2.45) is 5.10 Å². The fraction of sp³-hybridized carbons (Fsp3) is 0.0870. The number of thiazole rings is 1. The molecule has 0 fully saturated rings. The van der Waals surface area contributed by atoms with Gasteiger partial charge in [0.15, 0.2) is 11.5 Å². The van der Waals surface area contributed by atoms with Gasteiger partial charge in [0.25, 0.3) is 5.91 Å². The quantitative estimate of drug-likeness (QED) is 0.238. The van der Waals surface area contributed by atoms with Crippen molar-refractivity contribution >= 4 is 54.7 Å². The molecule has 0 saturated heterocycles. The number of carbonyl (C=O) groups is 1. The summed E-state index contributed by atoms with van der Waals surface area (Å²) in [5, 5.41) is 5.90. The SMILES string of the molecule is COc1cccc(C(=O)N(/N=C/c2ccc(Br)cc2)c2nc3ccc(F)cc3s2)c1OC. The summed E-state index contributed by atoms with van der Waals surface area (Å²) < 4.78 is 26.0. The van der Waals surface area contributed by atoms with Crippen molar-refractivity contribution in [2.75, 3.05) is 19.2 Å². The molecule has 0 N–H and O–H groups in total. The van der Waals surface area contributed by atoms with Crippen molar-refractivity contribution in [2.45, 2.75) is 0 Å². The van der Waals surface area contributed by atoms with Gasteiger partial charge in [-0.15, -0.1) is 0 Å². The molecule has 0 radical (unpaired) electrons. The summed E-state index contributed by atoms with van der Waals surface area (Å²) in [7, 11) is 2.96. The van der Waals surface area contributed by atoms with Crippen LogP contribution in [0, 0.1) is 5.82 Å². The smallest absolute Gasteiger partial charge is 0.284 e. The van der Waals surface area contributed by atoms with Gasteiger partial charge in [0.05, 0.1) is 36.2 Å². The average molecular weight is 514 g/mol. The highest BCUT2D eigenvalue weighted by molar-refractivity contribution is 9.10. The van der Waals surface area contributed by atoms with E-state index in [9.17, 15) is 9.18 Å². The van der Waals surface area contributed by atoms with Crippen molar-refractivity contribution in [1.29, 1.82) is 0 Å². The predicted octanol–water partition coefficient (Wildman–Crippen LogP) is 5.90. The molecule has 0 aliphatic carbocycles. The number of amides is 1. The van der Waals surface area contributed by atoms with Crippen LogP contribution < -0.4 is 14.5 Å². The Hall–Kier alpha value is -3.30. The van der Waals surface area contributed by atoms with Gasteiger partial charge in [-0.3, -0.25) is 4.79 Å². The minimum Gasteiger partial charge on any atom is -0.493 e. The highest BCUT2D eigenvalue weighted by Crippen LogP contribution is 2.35. The number of anilines is 1. The average Bonchev–Trinajstić information content (AvgIpc) is 3.22. The van der Waals surface area contributed by atoms with Crippen LogP contribution in [-0.4, -0.2) is 31.3 Å². The molecule has 3 aromatic carbocycles. The summed E-state index contributed by atoms with van der Waals surface area (Å²) in [4.78, 5) is 18.1.